The second-order valence-corrected chi connectivity index (χ2v) is 11.3. The Kier molecular flexibility index (Phi) is 5.76. The molecule has 0 bridgehead atoms. The molecule has 0 unspecified atom stereocenters. The van der Waals surface area contributed by atoms with E-state index in [0.29, 0.717) is 13.2 Å². The van der Waals surface area contributed by atoms with Gasteiger partial charge in [0.2, 0.25) is 0 Å². The van der Waals surface area contributed by atoms with Crippen molar-refractivity contribution < 1.29 is 19.0 Å². The molecule has 1 aliphatic rings. The minimum atomic E-state index is -1.82. The van der Waals surface area contributed by atoms with E-state index in [9.17, 15) is 5.11 Å². The first-order valence-corrected chi connectivity index (χ1v) is 9.85. The molecule has 0 radical (unpaired) electrons. The van der Waals surface area contributed by atoms with Gasteiger partial charge in [0.05, 0.1) is 6.61 Å². The number of hydrogen-bond donors (Lipinski definition) is 1. The molecular formula is C14H28O4Si. The summed E-state index contributed by atoms with van der Waals surface area (Å²) in [5.41, 5.74) is 0. The van der Waals surface area contributed by atoms with Crippen molar-refractivity contribution in [2.75, 3.05) is 13.2 Å². The van der Waals surface area contributed by atoms with Crippen LogP contribution in [0, 0.1) is 0 Å². The van der Waals surface area contributed by atoms with Gasteiger partial charge in [-0.15, -0.1) is 0 Å². The summed E-state index contributed by atoms with van der Waals surface area (Å²) in [4.78, 5) is 0. The summed E-state index contributed by atoms with van der Waals surface area (Å²) >= 11 is 0. The third-order valence-corrected chi connectivity index (χ3v) is 8.40. The third kappa shape index (κ3) is 4.68. The summed E-state index contributed by atoms with van der Waals surface area (Å²) in [6.45, 7) is 13.9. The van der Waals surface area contributed by atoms with Crippen LogP contribution in [-0.4, -0.2) is 45.1 Å². The molecule has 0 aromatic carbocycles. The van der Waals surface area contributed by atoms with Crippen LogP contribution in [0.15, 0.2) is 12.2 Å². The van der Waals surface area contributed by atoms with E-state index in [-0.39, 0.29) is 17.4 Å². The van der Waals surface area contributed by atoms with Crippen LogP contribution in [0.25, 0.3) is 0 Å². The fourth-order valence-electron chi connectivity index (χ4n) is 1.53. The fraction of sp³-hybridized carbons (Fsp3) is 0.857. The fourth-order valence-corrected chi connectivity index (χ4v) is 2.54. The summed E-state index contributed by atoms with van der Waals surface area (Å²) in [6, 6.07) is 0. The van der Waals surface area contributed by atoms with Crippen LogP contribution in [0.4, 0.5) is 0 Å². The predicted octanol–water partition coefficient (Wildman–Crippen LogP) is 2.69. The molecule has 0 fully saturated rings. The molecule has 0 saturated heterocycles. The van der Waals surface area contributed by atoms with Gasteiger partial charge in [-0.3, -0.25) is 0 Å². The van der Waals surface area contributed by atoms with Gasteiger partial charge >= 0.3 is 0 Å². The molecule has 1 heterocycles. The van der Waals surface area contributed by atoms with E-state index in [1.165, 1.54) is 0 Å². The van der Waals surface area contributed by atoms with Crippen molar-refractivity contribution in [3.63, 3.8) is 0 Å². The van der Waals surface area contributed by atoms with E-state index < -0.39 is 14.4 Å². The second kappa shape index (κ2) is 6.50. The Morgan fingerprint density at radius 1 is 1.26 bits per heavy atom. The third-order valence-electron chi connectivity index (χ3n) is 3.90. The van der Waals surface area contributed by atoms with Crippen molar-refractivity contribution in [2.24, 2.45) is 0 Å². The lowest BCUT2D eigenvalue weighted by molar-refractivity contribution is -0.176. The van der Waals surface area contributed by atoms with E-state index in [1.54, 1.807) is 12.2 Å². The van der Waals surface area contributed by atoms with Gasteiger partial charge in [0.25, 0.3) is 0 Å². The first-order valence-electron chi connectivity index (χ1n) is 6.95. The molecule has 19 heavy (non-hydrogen) atoms. The smallest absolute Gasteiger partial charge is 0.192 e. The van der Waals surface area contributed by atoms with Crippen molar-refractivity contribution in [1.82, 2.24) is 0 Å². The Bertz CT molecular complexity index is 309. The number of aliphatic hydroxyl groups excluding tert-OH is 1. The maximum atomic E-state index is 9.92. The number of ether oxygens (including phenoxy) is 2. The molecule has 1 N–H and O–H groups in total. The summed E-state index contributed by atoms with van der Waals surface area (Å²) in [6.07, 6.45) is 2.12. The Morgan fingerprint density at radius 2 is 1.89 bits per heavy atom. The van der Waals surface area contributed by atoms with Crippen LogP contribution >= 0.6 is 0 Å². The second-order valence-electron chi connectivity index (χ2n) is 6.45. The number of aliphatic hydroxyl groups is 1. The zero-order valence-electron chi connectivity index (χ0n) is 13.0. The van der Waals surface area contributed by atoms with Gasteiger partial charge < -0.3 is 19.0 Å². The van der Waals surface area contributed by atoms with E-state index in [0.717, 1.165) is 0 Å². The Labute approximate surface area is 117 Å². The van der Waals surface area contributed by atoms with E-state index in [1.807, 2.05) is 6.92 Å². The topological polar surface area (TPSA) is 47.9 Å². The van der Waals surface area contributed by atoms with Crippen molar-refractivity contribution in [2.45, 2.75) is 64.3 Å². The van der Waals surface area contributed by atoms with Crippen molar-refractivity contribution in [3.05, 3.63) is 12.2 Å². The lowest BCUT2D eigenvalue weighted by Crippen LogP contribution is -2.46. The first kappa shape index (κ1) is 16.9. The van der Waals surface area contributed by atoms with Crippen LogP contribution in [0.1, 0.15) is 27.7 Å². The van der Waals surface area contributed by atoms with E-state index in [2.05, 4.69) is 33.9 Å². The van der Waals surface area contributed by atoms with E-state index >= 15 is 0 Å². The number of hydrogen-bond acceptors (Lipinski definition) is 4. The molecule has 0 aromatic rings. The SMILES string of the molecule is CCO[C@H]1C=C[C@H](O)[C@@H](CO[Si](C)(C)C(C)(C)C)O1. The summed E-state index contributed by atoms with van der Waals surface area (Å²) in [5, 5.41) is 10.1. The van der Waals surface area contributed by atoms with Crippen LogP contribution < -0.4 is 0 Å². The molecule has 1 rings (SSSR count). The molecule has 112 valence electrons. The van der Waals surface area contributed by atoms with Crippen molar-refractivity contribution in [1.29, 1.82) is 0 Å². The zero-order chi connectivity index (χ0) is 14.7. The van der Waals surface area contributed by atoms with Gasteiger partial charge in [-0.05, 0) is 31.1 Å². The monoisotopic (exact) mass is 288 g/mol. The molecule has 0 aliphatic carbocycles. The predicted molar refractivity (Wildman–Crippen MR) is 78.6 cm³/mol. The lowest BCUT2D eigenvalue weighted by atomic mass is 10.1. The van der Waals surface area contributed by atoms with E-state index in [4.69, 9.17) is 13.9 Å². The summed E-state index contributed by atoms with van der Waals surface area (Å²) in [7, 11) is -1.82. The Hall–Kier alpha value is -0.203. The average molecular weight is 288 g/mol. The highest BCUT2D eigenvalue weighted by atomic mass is 28.4. The highest BCUT2D eigenvalue weighted by Gasteiger charge is 2.38. The van der Waals surface area contributed by atoms with Gasteiger partial charge in [-0.1, -0.05) is 26.8 Å². The molecule has 1 aliphatic heterocycles. The standard InChI is InChI=1S/C14H28O4Si/c1-7-16-13-9-8-11(15)12(18-13)10-17-19(5,6)14(2,3)4/h8-9,11-13,15H,7,10H2,1-6H3/t11-,12+,13+/m0/s1. The van der Waals surface area contributed by atoms with Crippen molar-refractivity contribution in [3.8, 4) is 0 Å². The highest BCUT2D eigenvalue weighted by molar-refractivity contribution is 6.74. The maximum absolute atomic E-state index is 9.92. The summed E-state index contributed by atoms with van der Waals surface area (Å²) < 4.78 is 17.2. The Morgan fingerprint density at radius 3 is 2.42 bits per heavy atom. The summed E-state index contributed by atoms with van der Waals surface area (Å²) in [5.74, 6) is 0. The van der Waals surface area contributed by atoms with Crippen LogP contribution in [0.3, 0.4) is 0 Å². The minimum Gasteiger partial charge on any atom is -0.414 e. The molecule has 0 amide bonds. The van der Waals surface area contributed by atoms with Gasteiger partial charge in [-0.2, -0.15) is 0 Å². The van der Waals surface area contributed by atoms with Crippen LogP contribution in [0.2, 0.25) is 18.1 Å². The molecule has 0 spiro atoms. The largest absolute Gasteiger partial charge is 0.414 e. The van der Waals surface area contributed by atoms with Gasteiger partial charge in [0.1, 0.15) is 12.2 Å². The first-order chi connectivity index (χ1) is 8.67. The number of rotatable bonds is 5. The van der Waals surface area contributed by atoms with Crippen molar-refractivity contribution >= 4 is 8.32 Å². The normalized spacial score (nSPS) is 28.7. The molecular weight excluding hydrogens is 260 g/mol. The molecule has 3 atom stereocenters. The Balaban J connectivity index is 2.55. The molecule has 0 saturated carbocycles. The highest BCUT2D eigenvalue weighted by Crippen LogP contribution is 2.36. The van der Waals surface area contributed by atoms with Gasteiger partial charge in [-0.25, -0.2) is 0 Å². The van der Waals surface area contributed by atoms with Gasteiger partial charge in [0, 0.05) is 6.61 Å². The molecule has 4 nitrogen and oxygen atoms in total. The van der Waals surface area contributed by atoms with Crippen LogP contribution in [-0.2, 0) is 13.9 Å². The van der Waals surface area contributed by atoms with Gasteiger partial charge in [0.15, 0.2) is 14.6 Å². The van der Waals surface area contributed by atoms with Crippen LogP contribution in [0.5, 0.6) is 0 Å². The zero-order valence-corrected chi connectivity index (χ0v) is 14.0. The quantitative estimate of drug-likeness (QED) is 0.624. The molecule has 5 heteroatoms. The average Bonchev–Trinajstić information content (AvgIpc) is 2.29. The lowest BCUT2D eigenvalue weighted by Gasteiger charge is -2.38. The minimum absolute atomic E-state index is 0.155. The molecule has 0 aromatic heterocycles. The maximum Gasteiger partial charge on any atom is 0.192 e.